The highest BCUT2D eigenvalue weighted by Crippen LogP contribution is 2.36. The molecular formula is C18H17ClN2OS2. The first kappa shape index (κ1) is 16.1. The number of hydrogen-bond donors (Lipinski definition) is 1. The van der Waals surface area contributed by atoms with Gasteiger partial charge in [-0.05, 0) is 55.9 Å². The quantitative estimate of drug-likeness (QED) is 0.666. The van der Waals surface area contributed by atoms with E-state index in [1.165, 1.54) is 15.3 Å². The van der Waals surface area contributed by atoms with E-state index >= 15 is 0 Å². The lowest BCUT2D eigenvalue weighted by Gasteiger charge is -2.17. The molecule has 0 aromatic carbocycles. The number of nitrogens with one attached hydrogen (secondary N) is 1. The van der Waals surface area contributed by atoms with Gasteiger partial charge in [0.05, 0.1) is 10.4 Å². The number of rotatable bonds is 2. The van der Waals surface area contributed by atoms with Gasteiger partial charge in [0.15, 0.2) is 5.82 Å². The maximum Gasteiger partial charge on any atom is 0.260 e. The number of aromatic amines is 1. The van der Waals surface area contributed by atoms with Crippen molar-refractivity contribution in [1.82, 2.24) is 9.97 Å². The van der Waals surface area contributed by atoms with Crippen molar-refractivity contribution in [2.24, 2.45) is 5.92 Å². The third-order valence-electron chi connectivity index (χ3n) is 4.42. The molecule has 3 nitrogen and oxygen atoms in total. The van der Waals surface area contributed by atoms with Gasteiger partial charge in [0.2, 0.25) is 0 Å². The highest BCUT2D eigenvalue weighted by molar-refractivity contribution is 7.18. The molecule has 124 valence electrons. The van der Waals surface area contributed by atoms with Crippen molar-refractivity contribution in [2.45, 2.75) is 33.1 Å². The Bertz CT molecular complexity index is 1010. The summed E-state index contributed by atoms with van der Waals surface area (Å²) in [6.45, 7) is 4.32. The summed E-state index contributed by atoms with van der Waals surface area (Å²) in [6.07, 6.45) is 5.01. The zero-order valence-electron chi connectivity index (χ0n) is 13.5. The minimum atomic E-state index is -0.0732. The van der Waals surface area contributed by atoms with Crippen LogP contribution in [0.3, 0.4) is 0 Å². The van der Waals surface area contributed by atoms with Gasteiger partial charge in [-0.25, -0.2) is 4.98 Å². The predicted molar refractivity (Wildman–Crippen MR) is 104 cm³/mol. The summed E-state index contributed by atoms with van der Waals surface area (Å²) in [6, 6.07) is 4.07. The van der Waals surface area contributed by atoms with Crippen LogP contribution in [0.2, 0.25) is 0 Å². The fourth-order valence-corrected chi connectivity index (χ4v) is 5.66. The Balaban J connectivity index is 1.81. The number of fused-ring (bicyclic) bond motifs is 3. The van der Waals surface area contributed by atoms with Gasteiger partial charge in [0, 0.05) is 14.6 Å². The Hall–Kier alpha value is -1.43. The minimum Gasteiger partial charge on any atom is -0.305 e. The summed E-state index contributed by atoms with van der Waals surface area (Å²) in [5.74, 6) is 1.13. The van der Waals surface area contributed by atoms with Gasteiger partial charge >= 0.3 is 0 Å². The van der Waals surface area contributed by atoms with Crippen molar-refractivity contribution in [1.29, 1.82) is 0 Å². The van der Waals surface area contributed by atoms with Crippen molar-refractivity contribution >= 4 is 55.6 Å². The Kier molecular flexibility index (Phi) is 4.11. The molecule has 24 heavy (non-hydrogen) atoms. The van der Waals surface area contributed by atoms with Gasteiger partial charge in [-0.3, -0.25) is 4.79 Å². The number of nitrogens with zero attached hydrogens (tertiary/aromatic N) is 1. The summed E-state index contributed by atoms with van der Waals surface area (Å²) < 4.78 is 0. The Morgan fingerprint density at radius 2 is 2.25 bits per heavy atom. The van der Waals surface area contributed by atoms with Gasteiger partial charge in [0.25, 0.3) is 5.56 Å². The SMILES string of the molecule is Cc1ccc(/C=C(\Cl)c2nc3sc4c(c3c(=O)[nH]2)CC[C@@H](C)C4)s1. The van der Waals surface area contributed by atoms with Crippen LogP contribution in [0, 0.1) is 12.8 Å². The molecule has 1 N–H and O–H groups in total. The van der Waals surface area contributed by atoms with E-state index in [0.29, 0.717) is 16.8 Å². The molecule has 0 spiro atoms. The average Bonchev–Trinajstić information content (AvgIpc) is 3.09. The molecular weight excluding hydrogens is 360 g/mol. The molecule has 6 heteroatoms. The number of H-pyrrole nitrogens is 1. The summed E-state index contributed by atoms with van der Waals surface area (Å²) >= 11 is 9.72. The van der Waals surface area contributed by atoms with E-state index in [1.807, 2.05) is 12.1 Å². The lowest BCUT2D eigenvalue weighted by molar-refractivity contribution is 0.509. The summed E-state index contributed by atoms with van der Waals surface area (Å²) in [4.78, 5) is 24.5. The van der Waals surface area contributed by atoms with E-state index in [-0.39, 0.29) is 5.56 Å². The Morgan fingerprint density at radius 1 is 1.42 bits per heavy atom. The largest absolute Gasteiger partial charge is 0.305 e. The average molecular weight is 377 g/mol. The van der Waals surface area contributed by atoms with Crippen LogP contribution in [0.25, 0.3) is 21.3 Å². The third-order valence-corrected chi connectivity index (χ3v) is 6.81. The van der Waals surface area contributed by atoms with Crippen molar-refractivity contribution in [3.8, 4) is 0 Å². The van der Waals surface area contributed by atoms with Gasteiger partial charge < -0.3 is 4.98 Å². The number of aryl methyl sites for hydroxylation is 2. The van der Waals surface area contributed by atoms with Gasteiger partial charge in [-0.15, -0.1) is 22.7 Å². The molecule has 3 heterocycles. The van der Waals surface area contributed by atoms with Crippen LogP contribution in [-0.4, -0.2) is 9.97 Å². The standard InChI is InChI=1S/C18H17ClN2OS2/c1-9-3-6-12-14(7-9)24-18-15(12)17(22)20-16(21-18)13(19)8-11-5-4-10(2)23-11/h4-5,8-9H,3,6-7H2,1-2H3,(H,20,21,22)/b13-8-/t9-/m1/s1. The molecule has 0 aliphatic heterocycles. The van der Waals surface area contributed by atoms with Gasteiger partial charge in [0.1, 0.15) is 4.83 Å². The van der Waals surface area contributed by atoms with Gasteiger partial charge in [-0.1, -0.05) is 18.5 Å². The van der Waals surface area contributed by atoms with E-state index in [9.17, 15) is 4.79 Å². The fourth-order valence-electron chi connectivity index (χ4n) is 3.19. The molecule has 1 aliphatic rings. The van der Waals surface area contributed by atoms with Crippen molar-refractivity contribution in [3.05, 3.63) is 48.5 Å². The zero-order chi connectivity index (χ0) is 16.8. The second-order valence-electron chi connectivity index (χ2n) is 6.39. The number of thiophene rings is 2. The lowest BCUT2D eigenvalue weighted by atomic mass is 9.89. The van der Waals surface area contributed by atoms with Crippen molar-refractivity contribution in [2.75, 3.05) is 0 Å². The Morgan fingerprint density at radius 3 is 3.00 bits per heavy atom. The fraction of sp³-hybridized carbons (Fsp3) is 0.333. The normalized spacial score (nSPS) is 18.1. The van der Waals surface area contributed by atoms with Crippen LogP contribution in [0.4, 0.5) is 0 Å². The molecule has 0 amide bonds. The summed E-state index contributed by atoms with van der Waals surface area (Å²) in [5.41, 5.74) is 1.12. The molecule has 0 fully saturated rings. The number of aromatic nitrogens is 2. The molecule has 3 aromatic rings. The maximum absolute atomic E-state index is 12.6. The maximum atomic E-state index is 12.6. The van der Waals surface area contributed by atoms with Crippen LogP contribution < -0.4 is 5.56 Å². The first-order valence-electron chi connectivity index (χ1n) is 8.00. The highest BCUT2D eigenvalue weighted by Gasteiger charge is 2.23. The highest BCUT2D eigenvalue weighted by atomic mass is 35.5. The van der Waals surface area contributed by atoms with E-state index < -0.39 is 0 Å². The number of halogens is 1. The van der Waals surface area contributed by atoms with E-state index in [1.54, 1.807) is 22.7 Å². The van der Waals surface area contributed by atoms with Crippen LogP contribution in [0.15, 0.2) is 16.9 Å². The van der Waals surface area contributed by atoms with Crippen LogP contribution in [0.1, 0.15) is 39.4 Å². The zero-order valence-corrected chi connectivity index (χ0v) is 15.9. The first-order chi connectivity index (χ1) is 11.5. The van der Waals surface area contributed by atoms with Crippen LogP contribution in [0.5, 0.6) is 0 Å². The molecule has 1 atom stereocenters. The second-order valence-corrected chi connectivity index (χ2v) is 9.20. The smallest absolute Gasteiger partial charge is 0.260 e. The lowest BCUT2D eigenvalue weighted by Crippen LogP contribution is -2.14. The molecule has 1 aliphatic carbocycles. The predicted octanol–water partition coefficient (Wildman–Crippen LogP) is 5.22. The van der Waals surface area contributed by atoms with Crippen molar-refractivity contribution in [3.63, 3.8) is 0 Å². The molecule has 0 saturated carbocycles. The first-order valence-corrected chi connectivity index (χ1v) is 10.0. The van der Waals surface area contributed by atoms with E-state index in [4.69, 9.17) is 11.6 Å². The summed E-state index contributed by atoms with van der Waals surface area (Å²) in [7, 11) is 0. The topological polar surface area (TPSA) is 45.8 Å². The molecule has 4 rings (SSSR count). The molecule has 0 unspecified atom stereocenters. The molecule has 0 bridgehead atoms. The van der Waals surface area contributed by atoms with Gasteiger partial charge in [-0.2, -0.15) is 0 Å². The second kappa shape index (κ2) is 6.14. The van der Waals surface area contributed by atoms with E-state index in [2.05, 4.69) is 29.9 Å². The molecule has 0 saturated heterocycles. The summed E-state index contributed by atoms with van der Waals surface area (Å²) in [5, 5.41) is 1.23. The monoisotopic (exact) mass is 376 g/mol. The van der Waals surface area contributed by atoms with E-state index in [0.717, 1.165) is 34.4 Å². The number of hydrogen-bond acceptors (Lipinski definition) is 4. The van der Waals surface area contributed by atoms with Crippen LogP contribution >= 0.6 is 34.3 Å². The van der Waals surface area contributed by atoms with Crippen LogP contribution in [-0.2, 0) is 12.8 Å². The third kappa shape index (κ3) is 2.85. The minimum absolute atomic E-state index is 0.0732. The molecule has 0 radical (unpaired) electrons. The Labute approximate surface area is 153 Å². The van der Waals surface area contributed by atoms with Crippen molar-refractivity contribution < 1.29 is 0 Å². The molecule has 3 aromatic heterocycles.